The quantitative estimate of drug-likeness (QED) is 0.545. The Morgan fingerprint density at radius 2 is 1.96 bits per heavy atom. The number of rotatable bonds is 6. The molecule has 0 aliphatic carbocycles. The minimum Gasteiger partial charge on any atom is -0.353 e. The first kappa shape index (κ1) is 18.0. The van der Waals surface area contributed by atoms with Crippen molar-refractivity contribution in [3.8, 4) is 12.3 Å². The van der Waals surface area contributed by atoms with Crippen LogP contribution in [-0.2, 0) is 0 Å². The van der Waals surface area contributed by atoms with Crippen LogP contribution in [-0.4, -0.2) is 4.98 Å². The van der Waals surface area contributed by atoms with Crippen molar-refractivity contribution >= 4 is 17.0 Å². The third-order valence-electron chi connectivity index (χ3n) is 3.80. The topological polar surface area (TPSA) is 24.9 Å². The fraction of sp³-hybridized carbons (Fsp3) is 0.0870. The summed E-state index contributed by atoms with van der Waals surface area (Å²) >= 11 is 0. The molecular weight excluding hydrogens is 304 g/mol. The highest BCUT2D eigenvalue weighted by Crippen LogP contribution is 2.23. The van der Waals surface area contributed by atoms with Gasteiger partial charge in [0.1, 0.15) is 0 Å². The number of para-hydroxylation sites is 1. The molecule has 1 aromatic heterocycles. The van der Waals surface area contributed by atoms with Crippen LogP contribution in [0.2, 0.25) is 0 Å². The van der Waals surface area contributed by atoms with Gasteiger partial charge in [0, 0.05) is 11.8 Å². The highest BCUT2D eigenvalue weighted by molar-refractivity contribution is 5.79. The van der Waals surface area contributed by atoms with Crippen molar-refractivity contribution in [1.29, 1.82) is 0 Å². The maximum Gasteiger partial charge on any atom is 0.0858 e. The van der Waals surface area contributed by atoms with E-state index in [4.69, 9.17) is 6.42 Å². The lowest BCUT2D eigenvalue weighted by Crippen LogP contribution is -2.01. The van der Waals surface area contributed by atoms with E-state index >= 15 is 0 Å². The summed E-state index contributed by atoms with van der Waals surface area (Å²) in [7, 11) is 0. The molecule has 124 valence electrons. The normalized spacial score (nSPS) is 11.2. The summed E-state index contributed by atoms with van der Waals surface area (Å²) in [6, 6.07) is 11.6. The van der Waals surface area contributed by atoms with Crippen LogP contribution in [0.4, 0.5) is 5.69 Å². The van der Waals surface area contributed by atoms with E-state index in [9.17, 15) is 0 Å². The van der Waals surface area contributed by atoms with Gasteiger partial charge < -0.3 is 5.32 Å². The van der Waals surface area contributed by atoms with Crippen molar-refractivity contribution < 1.29 is 0 Å². The first-order chi connectivity index (χ1) is 12.1. The van der Waals surface area contributed by atoms with Gasteiger partial charge in [-0.3, -0.25) is 4.98 Å². The molecule has 0 saturated carbocycles. The molecule has 0 aliphatic rings. The fourth-order valence-corrected chi connectivity index (χ4v) is 2.26. The van der Waals surface area contributed by atoms with Crippen LogP contribution < -0.4 is 5.32 Å². The zero-order valence-electron chi connectivity index (χ0n) is 14.7. The molecule has 0 spiro atoms. The molecule has 0 radical (unpaired) electrons. The number of nitrogens with zero attached hydrogens (tertiary/aromatic N) is 1. The highest BCUT2D eigenvalue weighted by atomic mass is 14.9. The van der Waals surface area contributed by atoms with Crippen molar-refractivity contribution in [2.24, 2.45) is 0 Å². The molecule has 0 saturated heterocycles. The molecule has 2 heteroatoms. The standard InChI is InChI=1S/C23H22N2/c1-6-8-11-17(3)18(4)21-14-15-22(24-16-21)19(5)25-23-13-10-9-12-20(23)7-2/h2,6,8-16,25H,4-5H2,1,3H3/b8-6-,17-11-. The Morgan fingerprint density at radius 1 is 1.20 bits per heavy atom. The van der Waals surface area contributed by atoms with Crippen molar-refractivity contribution in [2.45, 2.75) is 13.8 Å². The predicted octanol–water partition coefficient (Wildman–Crippen LogP) is 5.68. The van der Waals surface area contributed by atoms with E-state index < -0.39 is 0 Å². The maximum absolute atomic E-state index is 5.53. The summed E-state index contributed by atoms with van der Waals surface area (Å²) < 4.78 is 0. The number of benzene rings is 1. The average Bonchev–Trinajstić information content (AvgIpc) is 2.66. The van der Waals surface area contributed by atoms with E-state index in [2.05, 4.69) is 29.4 Å². The Labute approximate surface area is 150 Å². The lowest BCUT2D eigenvalue weighted by atomic mass is 10.0. The highest BCUT2D eigenvalue weighted by Gasteiger charge is 2.06. The Balaban J connectivity index is 2.16. The predicted molar refractivity (Wildman–Crippen MR) is 109 cm³/mol. The van der Waals surface area contributed by atoms with Crippen LogP contribution in [0.3, 0.4) is 0 Å². The van der Waals surface area contributed by atoms with Crippen LogP contribution >= 0.6 is 0 Å². The van der Waals surface area contributed by atoms with Gasteiger partial charge in [0.25, 0.3) is 0 Å². The van der Waals surface area contributed by atoms with E-state index in [-0.39, 0.29) is 0 Å². The second kappa shape index (κ2) is 8.52. The average molecular weight is 326 g/mol. The Hall–Kier alpha value is -3.31. The molecule has 1 heterocycles. The number of hydrogen-bond donors (Lipinski definition) is 1. The van der Waals surface area contributed by atoms with Gasteiger partial charge in [0.2, 0.25) is 0 Å². The summed E-state index contributed by atoms with van der Waals surface area (Å²) in [5.41, 5.74) is 6.13. The molecular formula is C23H22N2. The SMILES string of the molecule is C#Cc1ccccc1NC(=C)c1ccc(C(=C)/C(C)=C\C=C/C)cn1. The number of anilines is 1. The van der Waals surface area contributed by atoms with Crippen LogP contribution in [0.15, 0.2) is 79.6 Å². The van der Waals surface area contributed by atoms with Gasteiger partial charge in [0.05, 0.1) is 17.1 Å². The number of terminal acetylenes is 1. The fourth-order valence-electron chi connectivity index (χ4n) is 2.26. The first-order valence-corrected chi connectivity index (χ1v) is 8.04. The summed E-state index contributed by atoms with van der Waals surface area (Å²) in [5, 5.41) is 3.23. The summed E-state index contributed by atoms with van der Waals surface area (Å²) in [5.74, 6) is 2.66. The minimum absolute atomic E-state index is 0.695. The van der Waals surface area contributed by atoms with Crippen molar-refractivity contribution in [3.05, 3.63) is 96.4 Å². The molecule has 1 N–H and O–H groups in total. The summed E-state index contributed by atoms with van der Waals surface area (Å²) in [4.78, 5) is 4.49. The Kier molecular flexibility index (Phi) is 6.14. The van der Waals surface area contributed by atoms with Gasteiger partial charge in [-0.05, 0) is 48.8 Å². The first-order valence-electron chi connectivity index (χ1n) is 8.04. The second-order valence-electron chi connectivity index (χ2n) is 5.58. The Bertz CT molecular complexity index is 875. The molecule has 0 unspecified atom stereocenters. The minimum atomic E-state index is 0.695. The number of nitrogens with one attached hydrogen (secondary N) is 1. The van der Waals surface area contributed by atoms with E-state index in [1.54, 1.807) is 0 Å². The maximum atomic E-state index is 5.53. The molecule has 1 aromatic carbocycles. The number of aromatic nitrogens is 1. The van der Waals surface area contributed by atoms with Gasteiger partial charge >= 0.3 is 0 Å². The van der Waals surface area contributed by atoms with Gasteiger partial charge in [-0.2, -0.15) is 0 Å². The monoisotopic (exact) mass is 326 g/mol. The molecule has 0 atom stereocenters. The van der Waals surface area contributed by atoms with E-state index in [1.807, 2.05) is 74.7 Å². The van der Waals surface area contributed by atoms with Crippen LogP contribution in [0, 0.1) is 12.3 Å². The van der Waals surface area contributed by atoms with Gasteiger partial charge in [-0.15, -0.1) is 6.42 Å². The van der Waals surface area contributed by atoms with Gasteiger partial charge in [-0.1, -0.05) is 55.5 Å². The zero-order chi connectivity index (χ0) is 18.2. The molecule has 0 fully saturated rings. The molecule has 2 nitrogen and oxygen atoms in total. The van der Waals surface area contributed by atoms with Crippen LogP contribution in [0.1, 0.15) is 30.7 Å². The van der Waals surface area contributed by atoms with Crippen molar-refractivity contribution in [3.63, 3.8) is 0 Å². The largest absolute Gasteiger partial charge is 0.353 e. The molecule has 0 amide bonds. The van der Waals surface area contributed by atoms with E-state index in [1.165, 1.54) is 0 Å². The van der Waals surface area contributed by atoms with Gasteiger partial charge in [-0.25, -0.2) is 0 Å². The Morgan fingerprint density at radius 3 is 2.60 bits per heavy atom. The third-order valence-corrected chi connectivity index (χ3v) is 3.80. The van der Waals surface area contributed by atoms with E-state index in [0.717, 1.165) is 33.7 Å². The molecule has 2 aromatic rings. The molecule has 25 heavy (non-hydrogen) atoms. The number of hydrogen-bond acceptors (Lipinski definition) is 2. The van der Waals surface area contributed by atoms with Gasteiger partial charge in [0.15, 0.2) is 0 Å². The smallest absolute Gasteiger partial charge is 0.0858 e. The molecule has 0 aliphatic heterocycles. The van der Waals surface area contributed by atoms with E-state index in [0.29, 0.717) is 5.70 Å². The third kappa shape index (κ3) is 4.59. The lowest BCUT2D eigenvalue weighted by molar-refractivity contribution is 1.25. The van der Waals surface area contributed by atoms with Crippen molar-refractivity contribution in [2.75, 3.05) is 5.32 Å². The number of pyridine rings is 1. The summed E-state index contributed by atoms with van der Waals surface area (Å²) in [6.45, 7) is 12.2. The van der Waals surface area contributed by atoms with Crippen LogP contribution in [0.25, 0.3) is 11.3 Å². The zero-order valence-corrected chi connectivity index (χ0v) is 14.7. The van der Waals surface area contributed by atoms with Crippen molar-refractivity contribution in [1.82, 2.24) is 4.98 Å². The lowest BCUT2D eigenvalue weighted by Gasteiger charge is -2.12. The molecule has 0 bridgehead atoms. The van der Waals surface area contributed by atoms with Crippen LogP contribution in [0.5, 0.6) is 0 Å². The second-order valence-corrected chi connectivity index (χ2v) is 5.58. The summed E-state index contributed by atoms with van der Waals surface area (Å²) in [6.07, 6.45) is 13.4. The molecule has 2 rings (SSSR count). The number of allylic oxidation sites excluding steroid dienone is 5.